The van der Waals surface area contributed by atoms with Gasteiger partial charge in [0.1, 0.15) is 11.6 Å². The number of halogens is 1. The maximum Gasteiger partial charge on any atom is 0.236 e. The predicted octanol–water partition coefficient (Wildman–Crippen LogP) is 2.44. The van der Waals surface area contributed by atoms with Crippen LogP contribution in [0.15, 0.2) is 34.9 Å². The monoisotopic (exact) mass is 387 g/mol. The third kappa shape index (κ3) is 4.77. The maximum absolute atomic E-state index is 13.4. The summed E-state index contributed by atoms with van der Waals surface area (Å²) in [7, 11) is 0. The zero-order chi connectivity index (χ0) is 19.3. The van der Waals surface area contributed by atoms with Gasteiger partial charge in [0.15, 0.2) is 5.89 Å². The smallest absolute Gasteiger partial charge is 0.236 e. The van der Waals surface area contributed by atoms with Crippen LogP contribution < -0.4 is 0 Å². The van der Waals surface area contributed by atoms with Crippen LogP contribution in [0, 0.1) is 5.82 Å². The van der Waals surface area contributed by atoms with Crippen molar-refractivity contribution in [1.29, 1.82) is 0 Å². The molecule has 1 atom stereocenters. The average molecular weight is 387 g/mol. The number of amides is 1. The molecule has 0 aliphatic carbocycles. The van der Waals surface area contributed by atoms with Gasteiger partial charge in [0, 0.05) is 32.6 Å². The zero-order valence-electron chi connectivity index (χ0n) is 16.0. The van der Waals surface area contributed by atoms with Gasteiger partial charge in [0.25, 0.3) is 0 Å². The molecule has 6 nitrogen and oxygen atoms in total. The molecule has 150 valence electrons. The van der Waals surface area contributed by atoms with Gasteiger partial charge >= 0.3 is 0 Å². The average Bonchev–Trinajstić information content (AvgIpc) is 3.17. The van der Waals surface area contributed by atoms with Crippen molar-refractivity contribution in [3.63, 3.8) is 0 Å². The van der Waals surface area contributed by atoms with Gasteiger partial charge in [-0.2, -0.15) is 0 Å². The maximum atomic E-state index is 13.4. The van der Waals surface area contributed by atoms with Gasteiger partial charge in [-0.05, 0) is 30.5 Å². The summed E-state index contributed by atoms with van der Waals surface area (Å²) in [5, 5.41) is 0. The quantitative estimate of drug-likeness (QED) is 0.789. The Morgan fingerprint density at radius 3 is 2.93 bits per heavy atom. The number of morpholine rings is 1. The molecule has 1 aromatic carbocycles. The summed E-state index contributed by atoms with van der Waals surface area (Å²) >= 11 is 0. The highest BCUT2D eigenvalue weighted by Crippen LogP contribution is 2.27. The summed E-state index contributed by atoms with van der Waals surface area (Å²) in [6.45, 7) is 4.89. The van der Waals surface area contributed by atoms with Crippen LogP contribution in [0.4, 0.5) is 4.39 Å². The second-order valence-corrected chi connectivity index (χ2v) is 7.54. The van der Waals surface area contributed by atoms with E-state index in [1.165, 1.54) is 12.1 Å². The zero-order valence-corrected chi connectivity index (χ0v) is 16.0. The normalized spacial score (nSPS) is 21.0. The second-order valence-electron chi connectivity index (χ2n) is 7.54. The van der Waals surface area contributed by atoms with Crippen LogP contribution in [-0.2, 0) is 16.0 Å². The van der Waals surface area contributed by atoms with Crippen LogP contribution in [-0.4, -0.2) is 66.6 Å². The Morgan fingerprint density at radius 2 is 2.11 bits per heavy atom. The molecule has 1 amide bonds. The van der Waals surface area contributed by atoms with Gasteiger partial charge < -0.3 is 14.1 Å². The van der Waals surface area contributed by atoms with Crippen LogP contribution in [0.3, 0.4) is 0 Å². The second kappa shape index (κ2) is 8.84. The minimum Gasteiger partial charge on any atom is -0.445 e. The van der Waals surface area contributed by atoms with Crippen LogP contribution in [0.2, 0.25) is 0 Å². The molecule has 3 heterocycles. The highest BCUT2D eigenvalue weighted by atomic mass is 19.1. The molecule has 0 unspecified atom stereocenters. The van der Waals surface area contributed by atoms with Crippen molar-refractivity contribution in [2.24, 2.45) is 0 Å². The molecule has 0 bridgehead atoms. The molecular formula is C21H26FN3O3. The van der Waals surface area contributed by atoms with Gasteiger partial charge in [0.05, 0.1) is 31.9 Å². The molecule has 1 aromatic heterocycles. The Bertz CT molecular complexity index is 804. The Labute approximate surface area is 164 Å². The van der Waals surface area contributed by atoms with E-state index in [-0.39, 0.29) is 17.6 Å². The molecule has 0 spiro atoms. The predicted molar refractivity (Wildman–Crippen MR) is 102 cm³/mol. The van der Waals surface area contributed by atoms with E-state index >= 15 is 0 Å². The van der Waals surface area contributed by atoms with Crippen molar-refractivity contribution in [2.75, 3.05) is 45.9 Å². The van der Waals surface area contributed by atoms with Crippen molar-refractivity contribution < 1.29 is 18.3 Å². The molecule has 0 saturated carbocycles. The summed E-state index contributed by atoms with van der Waals surface area (Å²) in [5.74, 6) is 1.42. The molecule has 2 aliphatic rings. The Hall–Kier alpha value is -2.25. The third-order valence-corrected chi connectivity index (χ3v) is 5.42. The molecule has 28 heavy (non-hydrogen) atoms. The Balaban J connectivity index is 1.35. The first-order valence-electron chi connectivity index (χ1n) is 9.94. The first-order valence-corrected chi connectivity index (χ1v) is 9.94. The van der Waals surface area contributed by atoms with E-state index in [1.807, 2.05) is 11.0 Å². The van der Waals surface area contributed by atoms with Crippen molar-refractivity contribution >= 4 is 5.91 Å². The standard InChI is InChI=1S/C21H26FN3O3/c22-18-5-1-3-16(11-18)12-19-13-23-21(28-19)17-4-2-6-25(14-17)20(26)15-24-7-9-27-10-8-24/h1,3,5,11,13,17H,2,4,6-10,12,14-15H2/t17-/m1/s1. The van der Waals surface area contributed by atoms with Crippen LogP contribution in [0.25, 0.3) is 0 Å². The summed E-state index contributed by atoms with van der Waals surface area (Å²) in [4.78, 5) is 21.2. The molecule has 2 aliphatic heterocycles. The van der Waals surface area contributed by atoms with E-state index in [0.29, 0.717) is 38.6 Å². The number of hydrogen-bond acceptors (Lipinski definition) is 5. The van der Waals surface area contributed by atoms with E-state index in [1.54, 1.807) is 12.3 Å². The summed E-state index contributed by atoms with van der Waals surface area (Å²) in [6, 6.07) is 6.51. The van der Waals surface area contributed by atoms with E-state index in [2.05, 4.69) is 9.88 Å². The van der Waals surface area contributed by atoms with Crippen LogP contribution in [0.5, 0.6) is 0 Å². The lowest BCUT2D eigenvalue weighted by Crippen LogP contribution is -2.47. The lowest BCUT2D eigenvalue weighted by atomic mass is 9.98. The molecule has 2 fully saturated rings. The fourth-order valence-corrected chi connectivity index (χ4v) is 3.90. The fourth-order valence-electron chi connectivity index (χ4n) is 3.90. The number of benzene rings is 1. The molecular weight excluding hydrogens is 361 g/mol. The minimum atomic E-state index is -0.251. The highest BCUT2D eigenvalue weighted by Gasteiger charge is 2.28. The lowest BCUT2D eigenvalue weighted by molar-refractivity contribution is -0.134. The summed E-state index contributed by atoms with van der Waals surface area (Å²) in [6.07, 6.45) is 4.13. The molecule has 0 N–H and O–H groups in total. The van der Waals surface area contributed by atoms with E-state index in [4.69, 9.17) is 9.15 Å². The van der Waals surface area contributed by atoms with Gasteiger partial charge in [-0.3, -0.25) is 9.69 Å². The van der Waals surface area contributed by atoms with Gasteiger partial charge in [-0.25, -0.2) is 9.37 Å². The van der Waals surface area contributed by atoms with Crippen LogP contribution >= 0.6 is 0 Å². The number of carbonyl (C=O) groups excluding carboxylic acids is 1. The minimum absolute atomic E-state index is 0.114. The Kier molecular flexibility index (Phi) is 6.02. The number of piperidine rings is 1. The number of hydrogen-bond donors (Lipinski definition) is 0. The number of aromatic nitrogens is 1. The first-order chi connectivity index (χ1) is 13.7. The van der Waals surface area contributed by atoms with Crippen LogP contribution in [0.1, 0.15) is 36.0 Å². The number of nitrogens with zero attached hydrogens (tertiary/aromatic N) is 3. The summed E-state index contributed by atoms with van der Waals surface area (Å²) in [5.41, 5.74) is 0.855. The molecule has 7 heteroatoms. The number of carbonyl (C=O) groups is 1. The lowest BCUT2D eigenvalue weighted by Gasteiger charge is -2.34. The molecule has 0 radical (unpaired) electrons. The largest absolute Gasteiger partial charge is 0.445 e. The number of rotatable bonds is 5. The number of ether oxygens (including phenoxy) is 1. The number of oxazole rings is 1. The molecule has 4 rings (SSSR count). The van der Waals surface area contributed by atoms with E-state index in [0.717, 1.165) is 43.8 Å². The van der Waals surface area contributed by atoms with Crippen molar-refractivity contribution in [1.82, 2.24) is 14.8 Å². The van der Waals surface area contributed by atoms with Gasteiger partial charge in [-0.15, -0.1) is 0 Å². The topological polar surface area (TPSA) is 58.8 Å². The van der Waals surface area contributed by atoms with E-state index in [9.17, 15) is 9.18 Å². The third-order valence-electron chi connectivity index (χ3n) is 5.42. The Morgan fingerprint density at radius 1 is 1.25 bits per heavy atom. The van der Waals surface area contributed by atoms with Gasteiger partial charge in [0.2, 0.25) is 5.91 Å². The van der Waals surface area contributed by atoms with Gasteiger partial charge in [-0.1, -0.05) is 12.1 Å². The first kappa shape index (κ1) is 19.1. The van der Waals surface area contributed by atoms with Crippen molar-refractivity contribution in [3.8, 4) is 0 Å². The molecule has 2 saturated heterocycles. The summed E-state index contributed by atoms with van der Waals surface area (Å²) < 4.78 is 24.7. The van der Waals surface area contributed by atoms with E-state index < -0.39 is 0 Å². The fraction of sp³-hybridized carbons (Fsp3) is 0.524. The number of likely N-dealkylation sites (tertiary alicyclic amines) is 1. The highest BCUT2D eigenvalue weighted by molar-refractivity contribution is 5.78. The SMILES string of the molecule is O=C(CN1CCOCC1)N1CCC[C@@H](c2ncc(Cc3cccc(F)c3)o2)C1. The van der Waals surface area contributed by atoms with Crippen molar-refractivity contribution in [2.45, 2.75) is 25.2 Å². The molecule has 2 aromatic rings. The van der Waals surface area contributed by atoms with Crippen molar-refractivity contribution in [3.05, 3.63) is 53.5 Å².